The van der Waals surface area contributed by atoms with Crippen LogP contribution in [-0.4, -0.2) is 14.5 Å². The summed E-state index contributed by atoms with van der Waals surface area (Å²) in [4.78, 5) is 16.8. The molecule has 6 rings (SSSR count). The van der Waals surface area contributed by atoms with Gasteiger partial charge in [-0.05, 0) is 17.5 Å². The lowest BCUT2D eigenvalue weighted by atomic mass is 10.0. The Kier molecular flexibility index (Phi) is 5.35. The first-order chi connectivity index (χ1) is 17.7. The summed E-state index contributed by atoms with van der Waals surface area (Å²) in [6, 6.07) is 41.1. The Morgan fingerprint density at radius 2 is 1.25 bits per heavy atom. The number of nitro benzene ring substituents is 1. The molecule has 0 saturated carbocycles. The number of imidazole rings is 1. The maximum absolute atomic E-state index is 12.1. The van der Waals surface area contributed by atoms with E-state index in [4.69, 9.17) is 4.98 Å². The highest BCUT2D eigenvalue weighted by Crippen LogP contribution is 2.41. The third kappa shape index (κ3) is 3.63. The van der Waals surface area contributed by atoms with Gasteiger partial charge in [0.15, 0.2) is 5.82 Å². The third-order valence-corrected chi connectivity index (χ3v) is 6.32. The normalized spacial score (nSPS) is 11.0. The van der Waals surface area contributed by atoms with Gasteiger partial charge in [0.1, 0.15) is 0 Å². The molecule has 0 aliphatic rings. The van der Waals surface area contributed by atoms with Gasteiger partial charge < -0.3 is 0 Å². The van der Waals surface area contributed by atoms with Gasteiger partial charge in [-0.15, -0.1) is 0 Å². The Morgan fingerprint density at radius 3 is 2.00 bits per heavy atom. The zero-order chi connectivity index (χ0) is 24.5. The fourth-order valence-electron chi connectivity index (χ4n) is 4.72. The Bertz CT molecular complexity index is 1700. The van der Waals surface area contributed by atoms with E-state index in [1.807, 2.05) is 91.0 Å². The van der Waals surface area contributed by atoms with Crippen molar-refractivity contribution >= 4 is 16.5 Å². The predicted octanol–water partition coefficient (Wildman–Crippen LogP) is 7.93. The summed E-state index contributed by atoms with van der Waals surface area (Å²) in [5, 5.41) is 14.2. The molecule has 5 aromatic carbocycles. The van der Waals surface area contributed by atoms with Crippen molar-refractivity contribution in [1.29, 1.82) is 0 Å². The van der Waals surface area contributed by atoms with Crippen molar-refractivity contribution in [2.24, 2.45) is 0 Å². The molecule has 0 saturated heterocycles. The monoisotopic (exact) mass is 467 g/mol. The van der Waals surface area contributed by atoms with Gasteiger partial charge in [0.05, 0.1) is 27.6 Å². The van der Waals surface area contributed by atoms with E-state index in [0.29, 0.717) is 11.4 Å². The summed E-state index contributed by atoms with van der Waals surface area (Å²) < 4.78 is 2.07. The molecule has 1 aromatic heterocycles. The largest absolute Gasteiger partial charge is 0.291 e. The minimum Gasteiger partial charge on any atom is -0.291 e. The molecule has 0 aliphatic heterocycles. The van der Waals surface area contributed by atoms with E-state index in [1.54, 1.807) is 12.1 Å². The highest BCUT2D eigenvalue weighted by molar-refractivity contribution is 5.94. The molecular formula is C31H21N3O2. The van der Waals surface area contributed by atoms with Gasteiger partial charge in [-0.3, -0.25) is 14.7 Å². The smallest absolute Gasteiger partial charge is 0.280 e. The SMILES string of the molecule is O=[N+]([O-])c1ccccc1-c1nc(-c2ccccc2)c(-c2ccccc2)n1-c1cccc2ccccc12. The van der Waals surface area contributed by atoms with E-state index >= 15 is 0 Å². The van der Waals surface area contributed by atoms with Gasteiger partial charge in [0, 0.05) is 22.6 Å². The zero-order valence-electron chi connectivity index (χ0n) is 19.3. The van der Waals surface area contributed by atoms with Crippen LogP contribution in [0.15, 0.2) is 127 Å². The van der Waals surface area contributed by atoms with E-state index in [0.717, 1.165) is 39.0 Å². The minimum absolute atomic E-state index is 0.0169. The van der Waals surface area contributed by atoms with Gasteiger partial charge in [-0.2, -0.15) is 0 Å². The first-order valence-corrected chi connectivity index (χ1v) is 11.7. The van der Waals surface area contributed by atoms with Gasteiger partial charge in [-0.25, -0.2) is 4.98 Å². The van der Waals surface area contributed by atoms with E-state index in [1.165, 1.54) is 6.07 Å². The highest BCUT2D eigenvalue weighted by atomic mass is 16.6. The van der Waals surface area contributed by atoms with Crippen LogP contribution in [0, 0.1) is 10.1 Å². The highest BCUT2D eigenvalue weighted by Gasteiger charge is 2.27. The van der Waals surface area contributed by atoms with Crippen LogP contribution >= 0.6 is 0 Å². The standard InChI is InChI=1S/C31H21N3O2/c35-34(36)28-20-10-9-19-26(28)31-32-29(23-13-3-1-4-14-23)30(24-15-5-2-6-16-24)33(31)27-21-11-17-22-12-7-8-18-25(22)27/h1-21H. The van der Waals surface area contributed by atoms with Gasteiger partial charge in [0.2, 0.25) is 0 Å². The van der Waals surface area contributed by atoms with Crippen molar-refractivity contribution in [1.82, 2.24) is 9.55 Å². The number of aromatic nitrogens is 2. The second kappa shape index (κ2) is 8.96. The molecule has 0 unspecified atom stereocenters. The Labute approximate surface area is 208 Å². The number of nitro groups is 1. The zero-order valence-corrected chi connectivity index (χ0v) is 19.3. The number of fused-ring (bicyclic) bond motifs is 1. The number of nitrogens with zero attached hydrogens (tertiary/aromatic N) is 3. The molecular weight excluding hydrogens is 446 g/mol. The molecule has 0 bridgehead atoms. The molecule has 0 fully saturated rings. The second-order valence-electron chi connectivity index (χ2n) is 8.47. The molecule has 0 atom stereocenters. The summed E-state index contributed by atoms with van der Waals surface area (Å²) in [6.45, 7) is 0. The van der Waals surface area contributed by atoms with Gasteiger partial charge in [0.25, 0.3) is 5.69 Å². The van der Waals surface area contributed by atoms with E-state index in [2.05, 4.69) is 22.8 Å². The Hall–Kier alpha value is -5.03. The molecule has 0 spiro atoms. The van der Waals surface area contributed by atoms with Crippen LogP contribution in [0.5, 0.6) is 0 Å². The molecule has 0 N–H and O–H groups in total. The lowest BCUT2D eigenvalue weighted by Crippen LogP contribution is -2.03. The van der Waals surface area contributed by atoms with E-state index < -0.39 is 0 Å². The van der Waals surface area contributed by atoms with Crippen LogP contribution < -0.4 is 0 Å². The topological polar surface area (TPSA) is 61.0 Å². The number of hydrogen-bond donors (Lipinski definition) is 0. The molecule has 0 aliphatic carbocycles. The lowest BCUT2D eigenvalue weighted by molar-refractivity contribution is -0.384. The van der Waals surface area contributed by atoms with Crippen LogP contribution in [0.1, 0.15) is 0 Å². The summed E-state index contributed by atoms with van der Waals surface area (Å²) in [5.41, 5.74) is 4.96. The molecule has 172 valence electrons. The van der Waals surface area contributed by atoms with Crippen LogP contribution in [-0.2, 0) is 0 Å². The minimum atomic E-state index is -0.345. The average molecular weight is 468 g/mol. The molecule has 6 aromatic rings. The maximum atomic E-state index is 12.1. The second-order valence-corrected chi connectivity index (χ2v) is 8.47. The van der Waals surface area contributed by atoms with Crippen molar-refractivity contribution in [3.63, 3.8) is 0 Å². The molecule has 36 heavy (non-hydrogen) atoms. The first-order valence-electron chi connectivity index (χ1n) is 11.7. The fourth-order valence-corrected chi connectivity index (χ4v) is 4.72. The van der Waals surface area contributed by atoms with Crippen molar-refractivity contribution in [3.05, 3.63) is 138 Å². The maximum Gasteiger partial charge on any atom is 0.280 e. The van der Waals surface area contributed by atoms with Crippen molar-refractivity contribution in [2.45, 2.75) is 0 Å². The number of hydrogen-bond acceptors (Lipinski definition) is 3. The summed E-state index contributed by atoms with van der Waals surface area (Å²) in [6.07, 6.45) is 0. The van der Waals surface area contributed by atoms with E-state index in [-0.39, 0.29) is 10.6 Å². The Balaban J connectivity index is 1.80. The van der Waals surface area contributed by atoms with Crippen LogP contribution in [0.25, 0.3) is 50.4 Å². The summed E-state index contributed by atoms with van der Waals surface area (Å²) in [7, 11) is 0. The van der Waals surface area contributed by atoms with E-state index in [9.17, 15) is 10.1 Å². The average Bonchev–Trinajstić information content (AvgIpc) is 3.34. The van der Waals surface area contributed by atoms with Gasteiger partial charge in [-0.1, -0.05) is 109 Å². The first kappa shape index (κ1) is 21.5. The number of rotatable bonds is 5. The predicted molar refractivity (Wildman–Crippen MR) is 144 cm³/mol. The quantitative estimate of drug-likeness (QED) is 0.191. The third-order valence-electron chi connectivity index (χ3n) is 6.32. The van der Waals surface area contributed by atoms with Crippen molar-refractivity contribution in [3.8, 4) is 39.6 Å². The lowest BCUT2D eigenvalue weighted by Gasteiger charge is -2.16. The fraction of sp³-hybridized carbons (Fsp3) is 0. The van der Waals surface area contributed by atoms with Crippen LogP contribution in [0.2, 0.25) is 0 Å². The van der Waals surface area contributed by atoms with Crippen LogP contribution in [0.4, 0.5) is 5.69 Å². The molecule has 1 heterocycles. The van der Waals surface area contributed by atoms with Crippen molar-refractivity contribution in [2.75, 3.05) is 0 Å². The van der Waals surface area contributed by atoms with Crippen LogP contribution in [0.3, 0.4) is 0 Å². The molecule has 5 heteroatoms. The molecule has 0 radical (unpaired) electrons. The number of para-hydroxylation sites is 1. The summed E-state index contributed by atoms with van der Waals surface area (Å²) >= 11 is 0. The number of benzene rings is 5. The van der Waals surface area contributed by atoms with Crippen molar-refractivity contribution < 1.29 is 4.92 Å². The molecule has 0 amide bonds. The molecule has 5 nitrogen and oxygen atoms in total. The Morgan fingerprint density at radius 1 is 0.639 bits per heavy atom. The summed E-state index contributed by atoms with van der Waals surface area (Å²) in [5.74, 6) is 0.524. The van der Waals surface area contributed by atoms with Gasteiger partial charge >= 0.3 is 0 Å².